The first kappa shape index (κ1) is 17.0. The first-order chi connectivity index (χ1) is 11.9. The number of hydrogen-bond donors (Lipinski definition) is 1. The van der Waals surface area contributed by atoms with Gasteiger partial charge in [-0.1, -0.05) is 27.2 Å². The minimum atomic E-state index is -0.381. The maximum Gasteiger partial charge on any atom is 0.0919 e. The SMILES string of the molecule is CCC[C@]1(O)CC[C@@H]2[C@@H]3CC[C@H]4C[C@@]5(CC[C@]4(C)[C@@H]3CC[C@@]21C)CO5. The molecule has 1 N–H and O–H groups in total. The van der Waals surface area contributed by atoms with Crippen LogP contribution in [0.3, 0.4) is 0 Å². The van der Waals surface area contributed by atoms with Gasteiger partial charge in [0.1, 0.15) is 0 Å². The number of aliphatic hydroxyl groups is 1. The standard InChI is InChI=1S/C23H38O2/c1-4-9-23(24)11-8-19-17-6-5-16-14-22(15-25-22)13-12-20(16,2)18(17)7-10-21(19,23)3/h16-19,24H,4-15H2,1-3H3/t16-,17+,18+,19+,20-,21-,22-,23-/m0/s1. The van der Waals surface area contributed by atoms with Crippen LogP contribution in [0.2, 0.25) is 0 Å². The zero-order valence-electron chi connectivity index (χ0n) is 16.7. The Morgan fingerprint density at radius 2 is 1.72 bits per heavy atom. The number of ether oxygens (including phenoxy) is 1. The topological polar surface area (TPSA) is 32.8 Å². The van der Waals surface area contributed by atoms with Gasteiger partial charge < -0.3 is 9.84 Å². The zero-order chi connectivity index (χ0) is 17.5. The van der Waals surface area contributed by atoms with Crippen LogP contribution in [-0.2, 0) is 4.74 Å². The molecule has 0 amide bonds. The summed E-state index contributed by atoms with van der Waals surface area (Å²) in [5.41, 5.74) is 0.665. The van der Waals surface area contributed by atoms with E-state index in [0.29, 0.717) is 11.0 Å². The lowest BCUT2D eigenvalue weighted by atomic mass is 9.44. The largest absolute Gasteiger partial charge is 0.389 e. The monoisotopic (exact) mass is 346 g/mol. The number of rotatable bonds is 2. The molecule has 4 aliphatic carbocycles. The molecule has 4 saturated carbocycles. The second-order valence-corrected chi connectivity index (χ2v) is 11.1. The van der Waals surface area contributed by atoms with Gasteiger partial charge in [-0.2, -0.15) is 0 Å². The van der Waals surface area contributed by atoms with Crippen molar-refractivity contribution in [1.82, 2.24) is 0 Å². The normalized spacial score (nSPS) is 60.0. The van der Waals surface area contributed by atoms with Gasteiger partial charge >= 0.3 is 0 Å². The van der Waals surface area contributed by atoms with E-state index in [4.69, 9.17) is 4.74 Å². The highest BCUT2D eigenvalue weighted by Gasteiger charge is 2.65. The Morgan fingerprint density at radius 3 is 2.44 bits per heavy atom. The number of hydrogen-bond acceptors (Lipinski definition) is 2. The molecule has 5 rings (SSSR count). The lowest BCUT2D eigenvalue weighted by Crippen LogP contribution is -2.57. The summed E-state index contributed by atoms with van der Waals surface area (Å²) < 4.78 is 5.87. The molecule has 8 atom stereocenters. The fourth-order valence-corrected chi connectivity index (χ4v) is 8.61. The Labute approximate surface area is 154 Å². The van der Waals surface area contributed by atoms with Crippen LogP contribution < -0.4 is 0 Å². The quantitative estimate of drug-likeness (QED) is 0.686. The van der Waals surface area contributed by atoms with Crippen molar-refractivity contribution >= 4 is 0 Å². The summed E-state index contributed by atoms with van der Waals surface area (Å²) in [5.74, 6) is 3.45. The summed E-state index contributed by atoms with van der Waals surface area (Å²) in [7, 11) is 0. The lowest BCUT2D eigenvalue weighted by Gasteiger charge is -2.61. The van der Waals surface area contributed by atoms with E-state index in [9.17, 15) is 5.11 Å². The molecule has 1 aliphatic heterocycles. The van der Waals surface area contributed by atoms with Crippen molar-refractivity contribution < 1.29 is 9.84 Å². The van der Waals surface area contributed by atoms with Crippen molar-refractivity contribution in [3.63, 3.8) is 0 Å². The van der Waals surface area contributed by atoms with Gasteiger partial charge in [0.25, 0.3) is 0 Å². The van der Waals surface area contributed by atoms with Crippen LogP contribution in [0.5, 0.6) is 0 Å². The molecule has 2 heteroatoms. The van der Waals surface area contributed by atoms with E-state index >= 15 is 0 Å². The highest BCUT2D eigenvalue weighted by atomic mass is 16.6. The van der Waals surface area contributed by atoms with Gasteiger partial charge in [-0.15, -0.1) is 0 Å². The van der Waals surface area contributed by atoms with Crippen LogP contribution in [-0.4, -0.2) is 22.9 Å². The minimum absolute atomic E-state index is 0.183. The first-order valence-electron chi connectivity index (χ1n) is 11.2. The summed E-state index contributed by atoms with van der Waals surface area (Å²) in [5, 5.41) is 11.5. The van der Waals surface area contributed by atoms with E-state index < -0.39 is 0 Å². The van der Waals surface area contributed by atoms with Crippen molar-refractivity contribution in [2.75, 3.05) is 6.61 Å². The summed E-state index contributed by atoms with van der Waals surface area (Å²) in [6, 6.07) is 0. The minimum Gasteiger partial charge on any atom is -0.389 e. The average Bonchev–Trinajstić information content (AvgIpc) is 3.28. The molecule has 1 saturated heterocycles. The van der Waals surface area contributed by atoms with Gasteiger partial charge in [-0.05, 0) is 98.7 Å². The predicted molar refractivity (Wildman–Crippen MR) is 100 cm³/mol. The van der Waals surface area contributed by atoms with Gasteiger partial charge in [0.2, 0.25) is 0 Å². The average molecular weight is 347 g/mol. The second-order valence-electron chi connectivity index (χ2n) is 11.1. The van der Waals surface area contributed by atoms with Crippen molar-refractivity contribution in [3.8, 4) is 0 Å². The molecular formula is C23H38O2. The molecule has 1 spiro atoms. The molecule has 1 heterocycles. The van der Waals surface area contributed by atoms with Crippen LogP contribution in [0.1, 0.15) is 91.4 Å². The molecule has 5 aliphatic rings. The molecule has 5 fully saturated rings. The van der Waals surface area contributed by atoms with E-state index in [1.807, 2.05) is 0 Å². The maximum absolute atomic E-state index is 11.5. The lowest BCUT2D eigenvalue weighted by molar-refractivity contribution is -0.157. The molecule has 0 bridgehead atoms. The van der Waals surface area contributed by atoms with Crippen LogP contribution in [0.15, 0.2) is 0 Å². The Balaban J connectivity index is 1.42. The van der Waals surface area contributed by atoms with Crippen LogP contribution in [0.25, 0.3) is 0 Å². The second kappa shape index (κ2) is 5.25. The van der Waals surface area contributed by atoms with Crippen LogP contribution in [0, 0.1) is 34.5 Å². The Bertz CT molecular complexity index is 554. The molecule has 142 valence electrons. The molecular weight excluding hydrogens is 308 g/mol. The summed E-state index contributed by atoms with van der Waals surface area (Å²) in [6.07, 6.45) is 14.0. The van der Waals surface area contributed by atoms with Crippen molar-refractivity contribution in [3.05, 3.63) is 0 Å². The van der Waals surface area contributed by atoms with E-state index in [1.54, 1.807) is 0 Å². The smallest absolute Gasteiger partial charge is 0.0919 e. The van der Waals surface area contributed by atoms with Gasteiger partial charge in [-0.3, -0.25) is 0 Å². The Morgan fingerprint density at radius 1 is 0.960 bits per heavy atom. The molecule has 0 radical (unpaired) electrons. The third kappa shape index (κ3) is 2.16. The van der Waals surface area contributed by atoms with Gasteiger partial charge in [0, 0.05) is 0 Å². The zero-order valence-corrected chi connectivity index (χ0v) is 16.7. The molecule has 0 aromatic rings. The maximum atomic E-state index is 11.5. The van der Waals surface area contributed by atoms with Crippen molar-refractivity contribution in [2.24, 2.45) is 34.5 Å². The fraction of sp³-hybridized carbons (Fsp3) is 1.00. The first-order valence-corrected chi connectivity index (χ1v) is 11.2. The van der Waals surface area contributed by atoms with E-state index in [0.717, 1.165) is 49.5 Å². The predicted octanol–water partition coefficient (Wildman–Crippen LogP) is 5.33. The van der Waals surface area contributed by atoms with Crippen molar-refractivity contribution in [1.29, 1.82) is 0 Å². The third-order valence-corrected chi connectivity index (χ3v) is 10.3. The molecule has 2 nitrogen and oxygen atoms in total. The van der Waals surface area contributed by atoms with Gasteiger partial charge in [-0.25, -0.2) is 0 Å². The highest BCUT2D eigenvalue weighted by Crippen LogP contribution is 2.70. The van der Waals surface area contributed by atoms with E-state index in [-0.39, 0.29) is 11.0 Å². The van der Waals surface area contributed by atoms with E-state index in [1.165, 1.54) is 51.4 Å². The highest BCUT2D eigenvalue weighted by molar-refractivity contribution is 5.15. The summed E-state index contributed by atoms with van der Waals surface area (Å²) >= 11 is 0. The molecule has 0 unspecified atom stereocenters. The summed E-state index contributed by atoms with van der Waals surface area (Å²) in [6.45, 7) is 8.38. The molecule has 25 heavy (non-hydrogen) atoms. The Hall–Kier alpha value is -0.0800. The van der Waals surface area contributed by atoms with E-state index in [2.05, 4.69) is 20.8 Å². The third-order valence-electron chi connectivity index (χ3n) is 10.3. The summed E-state index contributed by atoms with van der Waals surface area (Å²) in [4.78, 5) is 0. The molecule has 0 aromatic heterocycles. The Kier molecular flexibility index (Phi) is 3.58. The van der Waals surface area contributed by atoms with Gasteiger partial charge in [0.15, 0.2) is 0 Å². The number of epoxide rings is 1. The van der Waals surface area contributed by atoms with Gasteiger partial charge in [0.05, 0.1) is 17.8 Å². The van der Waals surface area contributed by atoms with Crippen LogP contribution in [0.4, 0.5) is 0 Å². The van der Waals surface area contributed by atoms with Crippen LogP contribution >= 0.6 is 0 Å². The van der Waals surface area contributed by atoms with Crippen molar-refractivity contribution in [2.45, 2.75) is 103 Å². The molecule has 0 aromatic carbocycles. The fourth-order valence-electron chi connectivity index (χ4n) is 8.61. The number of fused-ring (bicyclic) bond motifs is 5.